The van der Waals surface area contributed by atoms with Crippen molar-refractivity contribution in [3.63, 3.8) is 0 Å². The summed E-state index contributed by atoms with van der Waals surface area (Å²) < 4.78 is 7.54. The van der Waals surface area contributed by atoms with Crippen LogP contribution >= 0.6 is 24.0 Å². The average molecular weight is 500 g/mol. The lowest BCUT2D eigenvalue weighted by Gasteiger charge is -2.22. The summed E-state index contributed by atoms with van der Waals surface area (Å²) in [6.07, 6.45) is 3.94. The van der Waals surface area contributed by atoms with Gasteiger partial charge in [-0.3, -0.25) is 9.67 Å². The van der Waals surface area contributed by atoms with E-state index < -0.39 is 0 Å². The number of ether oxygens (including phenoxy) is 1. The van der Waals surface area contributed by atoms with Crippen molar-refractivity contribution in [3.05, 3.63) is 53.9 Å². The molecule has 156 valence electrons. The normalized spacial score (nSPS) is 12.5. The predicted octanol–water partition coefficient (Wildman–Crippen LogP) is 2.41. The standard InChI is InChI=1S/C20H32N6O.HI/c1-5-21-20(22-11-12-27-16-17-9-7-6-8-10-17)23-14-19(25(2)3)18-13-24-26(4)15-18;/h6-10,13,15,19H,5,11-12,14,16H2,1-4H3,(H2,21,22,23);1H. The molecule has 1 aromatic heterocycles. The van der Waals surface area contributed by atoms with Crippen LogP contribution in [0.5, 0.6) is 0 Å². The first-order chi connectivity index (χ1) is 13.1. The molecule has 1 heterocycles. The Kier molecular flexibility index (Phi) is 11.8. The Labute approximate surface area is 185 Å². The molecule has 0 saturated heterocycles. The van der Waals surface area contributed by atoms with Crippen LogP contribution in [0.3, 0.4) is 0 Å². The van der Waals surface area contributed by atoms with Crippen LogP contribution in [0.15, 0.2) is 47.7 Å². The van der Waals surface area contributed by atoms with Crippen LogP contribution < -0.4 is 10.6 Å². The van der Waals surface area contributed by atoms with Gasteiger partial charge in [-0.1, -0.05) is 30.3 Å². The van der Waals surface area contributed by atoms with Gasteiger partial charge in [0.2, 0.25) is 0 Å². The van der Waals surface area contributed by atoms with E-state index >= 15 is 0 Å². The lowest BCUT2D eigenvalue weighted by Crippen LogP contribution is -2.39. The molecule has 28 heavy (non-hydrogen) atoms. The van der Waals surface area contributed by atoms with Gasteiger partial charge in [0.15, 0.2) is 5.96 Å². The minimum absolute atomic E-state index is 0. The number of rotatable bonds is 10. The van der Waals surface area contributed by atoms with Crippen molar-refractivity contribution in [2.45, 2.75) is 19.6 Å². The van der Waals surface area contributed by atoms with Crippen molar-refractivity contribution in [3.8, 4) is 0 Å². The number of halogens is 1. The highest BCUT2D eigenvalue weighted by Gasteiger charge is 2.15. The third kappa shape index (κ3) is 8.57. The summed E-state index contributed by atoms with van der Waals surface area (Å²) in [6.45, 7) is 5.49. The van der Waals surface area contributed by atoms with Gasteiger partial charge in [-0.05, 0) is 26.6 Å². The zero-order valence-electron chi connectivity index (χ0n) is 17.3. The summed E-state index contributed by atoms with van der Waals surface area (Å²) in [5, 5.41) is 10.9. The molecule has 0 bridgehead atoms. The van der Waals surface area contributed by atoms with Crippen LogP contribution in [0.2, 0.25) is 0 Å². The van der Waals surface area contributed by atoms with E-state index in [1.807, 2.05) is 42.3 Å². The number of aliphatic imine (C=N–C) groups is 1. The van der Waals surface area contributed by atoms with E-state index in [1.54, 1.807) is 0 Å². The Bertz CT molecular complexity index is 689. The third-order valence-electron chi connectivity index (χ3n) is 4.15. The predicted molar refractivity (Wildman–Crippen MR) is 125 cm³/mol. The number of benzene rings is 1. The third-order valence-corrected chi connectivity index (χ3v) is 4.15. The molecule has 0 spiro atoms. The first kappa shape index (κ1) is 24.4. The minimum Gasteiger partial charge on any atom is -0.375 e. The van der Waals surface area contributed by atoms with Gasteiger partial charge in [0.1, 0.15) is 0 Å². The second kappa shape index (κ2) is 13.5. The van der Waals surface area contributed by atoms with Crippen molar-refractivity contribution in [1.29, 1.82) is 0 Å². The van der Waals surface area contributed by atoms with Crippen LogP contribution in [-0.4, -0.2) is 61.0 Å². The average Bonchev–Trinajstić information content (AvgIpc) is 3.08. The van der Waals surface area contributed by atoms with Crippen molar-refractivity contribution in [2.75, 3.05) is 40.3 Å². The van der Waals surface area contributed by atoms with Gasteiger partial charge in [-0.15, -0.1) is 24.0 Å². The van der Waals surface area contributed by atoms with E-state index in [0.717, 1.165) is 18.1 Å². The molecular formula is C20H33IN6O. The Morgan fingerprint density at radius 3 is 2.61 bits per heavy atom. The van der Waals surface area contributed by atoms with E-state index in [1.165, 1.54) is 5.56 Å². The summed E-state index contributed by atoms with van der Waals surface area (Å²) in [7, 11) is 6.05. The maximum Gasteiger partial charge on any atom is 0.191 e. The van der Waals surface area contributed by atoms with Gasteiger partial charge < -0.3 is 20.3 Å². The number of likely N-dealkylation sites (N-methyl/N-ethyl adjacent to an activating group) is 1. The molecule has 0 aliphatic carbocycles. The highest BCUT2D eigenvalue weighted by atomic mass is 127. The Hall–Kier alpha value is -1.65. The number of aromatic nitrogens is 2. The highest BCUT2D eigenvalue weighted by molar-refractivity contribution is 14.0. The number of nitrogens with one attached hydrogen (secondary N) is 2. The molecule has 7 nitrogen and oxygen atoms in total. The summed E-state index contributed by atoms with van der Waals surface area (Å²) in [6, 6.07) is 10.4. The van der Waals surface area contributed by atoms with Gasteiger partial charge in [0, 0.05) is 31.9 Å². The van der Waals surface area contributed by atoms with Gasteiger partial charge in [0.25, 0.3) is 0 Å². The molecule has 1 aromatic carbocycles. The van der Waals surface area contributed by atoms with Crippen molar-refractivity contribution >= 4 is 29.9 Å². The minimum atomic E-state index is 0. The van der Waals surface area contributed by atoms with E-state index in [4.69, 9.17) is 9.73 Å². The van der Waals surface area contributed by atoms with Gasteiger partial charge >= 0.3 is 0 Å². The lowest BCUT2D eigenvalue weighted by molar-refractivity contribution is 0.125. The number of aryl methyl sites for hydroxylation is 1. The molecule has 0 fully saturated rings. The zero-order valence-corrected chi connectivity index (χ0v) is 19.6. The van der Waals surface area contributed by atoms with E-state index in [0.29, 0.717) is 26.3 Å². The SMILES string of the molecule is CCNC(=NCC(c1cnn(C)c1)N(C)C)NCCOCc1ccccc1.I. The molecule has 2 N–H and O–H groups in total. The summed E-state index contributed by atoms with van der Waals surface area (Å²) >= 11 is 0. The van der Waals surface area contributed by atoms with Crippen LogP contribution in [0.25, 0.3) is 0 Å². The van der Waals surface area contributed by atoms with Crippen LogP contribution in [0, 0.1) is 0 Å². The maximum atomic E-state index is 5.72. The molecular weight excluding hydrogens is 467 g/mol. The van der Waals surface area contributed by atoms with Gasteiger partial charge in [-0.2, -0.15) is 5.10 Å². The molecule has 2 rings (SSSR count). The second-order valence-electron chi connectivity index (χ2n) is 6.61. The first-order valence-corrected chi connectivity index (χ1v) is 9.39. The largest absolute Gasteiger partial charge is 0.375 e. The monoisotopic (exact) mass is 500 g/mol. The fraction of sp³-hybridized carbons (Fsp3) is 0.500. The topological polar surface area (TPSA) is 66.7 Å². The molecule has 0 aliphatic rings. The summed E-state index contributed by atoms with van der Waals surface area (Å²) in [5.74, 6) is 0.802. The zero-order chi connectivity index (χ0) is 19.5. The number of hydrogen-bond acceptors (Lipinski definition) is 4. The molecule has 0 saturated carbocycles. The van der Waals surface area contributed by atoms with Crippen LogP contribution in [0.1, 0.15) is 24.1 Å². The fourth-order valence-electron chi connectivity index (χ4n) is 2.70. The molecule has 2 aromatic rings. The first-order valence-electron chi connectivity index (χ1n) is 9.39. The van der Waals surface area contributed by atoms with E-state index in [-0.39, 0.29) is 30.0 Å². The lowest BCUT2D eigenvalue weighted by atomic mass is 10.1. The maximum absolute atomic E-state index is 5.72. The highest BCUT2D eigenvalue weighted by Crippen LogP contribution is 2.17. The van der Waals surface area contributed by atoms with Crippen LogP contribution in [-0.2, 0) is 18.4 Å². The summed E-state index contributed by atoms with van der Waals surface area (Å²) in [5.41, 5.74) is 2.34. The van der Waals surface area contributed by atoms with Crippen molar-refractivity contribution < 1.29 is 4.74 Å². The molecule has 1 unspecified atom stereocenters. The Balaban J connectivity index is 0.00000392. The summed E-state index contributed by atoms with van der Waals surface area (Å²) in [4.78, 5) is 6.90. The van der Waals surface area contributed by atoms with Crippen molar-refractivity contribution in [2.24, 2.45) is 12.0 Å². The van der Waals surface area contributed by atoms with Gasteiger partial charge in [-0.25, -0.2) is 0 Å². The van der Waals surface area contributed by atoms with Gasteiger partial charge in [0.05, 0.1) is 32.0 Å². The van der Waals surface area contributed by atoms with E-state index in [2.05, 4.69) is 53.8 Å². The Morgan fingerprint density at radius 2 is 2.00 bits per heavy atom. The molecule has 0 aliphatic heterocycles. The molecule has 0 radical (unpaired) electrons. The molecule has 8 heteroatoms. The number of guanidine groups is 1. The molecule has 1 atom stereocenters. The second-order valence-corrected chi connectivity index (χ2v) is 6.61. The Morgan fingerprint density at radius 1 is 1.25 bits per heavy atom. The fourth-order valence-corrected chi connectivity index (χ4v) is 2.70. The van der Waals surface area contributed by atoms with E-state index in [9.17, 15) is 0 Å². The van der Waals surface area contributed by atoms with Crippen LogP contribution in [0.4, 0.5) is 0 Å². The molecule has 0 amide bonds. The number of hydrogen-bond donors (Lipinski definition) is 2. The quantitative estimate of drug-likeness (QED) is 0.227. The number of nitrogens with zero attached hydrogens (tertiary/aromatic N) is 4. The van der Waals surface area contributed by atoms with Crippen molar-refractivity contribution in [1.82, 2.24) is 25.3 Å². The smallest absolute Gasteiger partial charge is 0.191 e.